The highest BCUT2D eigenvalue weighted by molar-refractivity contribution is 7.89. The first kappa shape index (κ1) is 15.9. The Morgan fingerprint density at radius 1 is 1.42 bits per heavy atom. The Hall–Kier alpha value is -1.18. The summed E-state index contributed by atoms with van der Waals surface area (Å²) in [6.07, 6.45) is 0. The van der Waals surface area contributed by atoms with E-state index >= 15 is 0 Å². The van der Waals surface area contributed by atoms with Gasteiger partial charge < -0.3 is 5.11 Å². The number of halogens is 2. The number of rotatable bonds is 5. The van der Waals surface area contributed by atoms with Gasteiger partial charge >= 0.3 is 5.97 Å². The van der Waals surface area contributed by atoms with Crippen LogP contribution < -0.4 is 4.72 Å². The van der Waals surface area contributed by atoms with Crippen LogP contribution >= 0.6 is 11.6 Å². The van der Waals surface area contributed by atoms with Crippen LogP contribution in [-0.4, -0.2) is 25.5 Å². The lowest BCUT2D eigenvalue weighted by molar-refractivity contribution is -0.140. The van der Waals surface area contributed by atoms with Gasteiger partial charge in [-0.05, 0) is 24.1 Å². The van der Waals surface area contributed by atoms with Crippen LogP contribution in [0.2, 0.25) is 5.02 Å². The van der Waals surface area contributed by atoms with Gasteiger partial charge in [-0.2, -0.15) is 4.72 Å². The fourth-order valence-electron chi connectivity index (χ4n) is 1.39. The molecule has 0 aliphatic heterocycles. The number of aliphatic carboxylic acids is 1. The van der Waals surface area contributed by atoms with E-state index in [9.17, 15) is 17.6 Å². The van der Waals surface area contributed by atoms with Crippen LogP contribution in [0, 0.1) is 11.7 Å². The molecule has 0 saturated carbocycles. The number of benzene rings is 1. The van der Waals surface area contributed by atoms with E-state index in [0.717, 1.165) is 18.2 Å². The average molecular weight is 310 g/mol. The molecule has 1 atom stereocenters. The first-order valence-corrected chi connectivity index (χ1v) is 7.21. The molecular weight excluding hydrogens is 297 g/mol. The average Bonchev–Trinajstić information content (AvgIpc) is 2.28. The lowest BCUT2D eigenvalue weighted by Crippen LogP contribution is -2.44. The molecule has 0 amide bonds. The molecule has 0 bridgehead atoms. The molecule has 0 heterocycles. The summed E-state index contributed by atoms with van der Waals surface area (Å²) < 4.78 is 39.1. The predicted molar refractivity (Wildman–Crippen MR) is 68.0 cm³/mol. The van der Waals surface area contributed by atoms with Crippen LogP contribution in [0.4, 0.5) is 4.39 Å². The van der Waals surface area contributed by atoms with Gasteiger partial charge in [0, 0.05) is 0 Å². The van der Waals surface area contributed by atoms with Gasteiger partial charge in [0.25, 0.3) is 0 Å². The van der Waals surface area contributed by atoms with E-state index in [1.807, 2.05) is 4.72 Å². The molecule has 19 heavy (non-hydrogen) atoms. The van der Waals surface area contributed by atoms with Crippen LogP contribution in [-0.2, 0) is 14.8 Å². The highest BCUT2D eigenvalue weighted by atomic mass is 35.5. The summed E-state index contributed by atoms with van der Waals surface area (Å²) >= 11 is 5.69. The molecule has 0 aromatic heterocycles. The third-order valence-corrected chi connectivity index (χ3v) is 4.32. The van der Waals surface area contributed by atoms with E-state index < -0.39 is 38.7 Å². The number of hydrogen-bond acceptors (Lipinski definition) is 3. The Labute approximate surface area is 115 Å². The van der Waals surface area contributed by atoms with E-state index in [1.165, 1.54) is 0 Å². The van der Waals surface area contributed by atoms with Gasteiger partial charge in [-0.25, -0.2) is 12.8 Å². The molecule has 0 aliphatic rings. The van der Waals surface area contributed by atoms with Gasteiger partial charge in [0.15, 0.2) is 0 Å². The summed E-state index contributed by atoms with van der Waals surface area (Å²) in [6, 6.07) is 1.53. The summed E-state index contributed by atoms with van der Waals surface area (Å²) in [5.41, 5.74) is 0. The van der Waals surface area contributed by atoms with Crippen molar-refractivity contribution in [3.05, 3.63) is 29.0 Å². The summed E-state index contributed by atoms with van der Waals surface area (Å²) in [6.45, 7) is 3.10. The second kappa shape index (κ2) is 5.85. The molecular formula is C11H13ClFNO4S. The van der Waals surface area contributed by atoms with Crippen molar-refractivity contribution in [3.8, 4) is 0 Å². The zero-order valence-electron chi connectivity index (χ0n) is 10.2. The van der Waals surface area contributed by atoms with Gasteiger partial charge in [0.05, 0.1) is 5.02 Å². The third kappa shape index (κ3) is 3.89. The first-order valence-electron chi connectivity index (χ1n) is 5.35. The highest BCUT2D eigenvalue weighted by Crippen LogP contribution is 2.22. The summed E-state index contributed by atoms with van der Waals surface area (Å²) in [7, 11) is -4.21. The van der Waals surface area contributed by atoms with Crippen LogP contribution in [0.5, 0.6) is 0 Å². The maximum atomic E-state index is 13.1. The van der Waals surface area contributed by atoms with E-state index in [4.69, 9.17) is 16.7 Å². The first-order chi connectivity index (χ1) is 8.65. The normalized spacial score (nSPS) is 13.5. The van der Waals surface area contributed by atoms with Gasteiger partial charge in [-0.1, -0.05) is 25.4 Å². The van der Waals surface area contributed by atoms with E-state index in [1.54, 1.807) is 13.8 Å². The minimum Gasteiger partial charge on any atom is -0.480 e. The van der Waals surface area contributed by atoms with Crippen molar-refractivity contribution in [1.29, 1.82) is 0 Å². The topological polar surface area (TPSA) is 83.5 Å². The molecule has 0 spiro atoms. The number of carbonyl (C=O) groups is 1. The Bertz CT molecular complexity index is 588. The zero-order valence-corrected chi connectivity index (χ0v) is 11.8. The van der Waals surface area contributed by atoms with Gasteiger partial charge in [0.1, 0.15) is 16.8 Å². The number of sulfonamides is 1. The number of carboxylic acids is 1. The minimum atomic E-state index is -4.21. The summed E-state index contributed by atoms with van der Waals surface area (Å²) in [5.74, 6) is -2.56. The largest absolute Gasteiger partial charge is 0.480 e. The maximum absolute atomic E-state index is 13.1. The molecule has 8 heteroatoms. The molecule has 0 aliphatic carbocycles. The van der Waals surface area contributed by atoms with E-state index in [0.29, 0.717) is 0 Å². The highest BCUT2D eigenvalue weighted by Gasteiger charge is 2.29. The molecule has 2 N–H and O–H groups in total. The fraction of sp³-hybridized carbons (Fsp3) is 0.364. The molecule has 106 valence electrons. The van der Waals surface area contributed by atoms with Crippen molar-refractivity contribution >= 4 is 27.6 Å². The molecule has 0 unspecified atom stereocenters. The van der Waals surface area contributed by atoms with Gasteiger partial charge in [-0.3, -0.25) is 4.79 Å². The van der Waals surface area contributed by atoms with Crippen molar-refractivity contribution in [2.75, 3.05) is 0 Å². The van der Waals surface area contributed by atoms with E-state index in [2.05, 4.69) is 0 Å². The summed E-state index contributed by atoms with van der Waals surface area (Å²) in [4.78, 5) is 10.5. The Morgan fingerprint density at radius 3 is 2.47 bits per heavy atom. The second-order valence-electron chi connectivity index (χ2n) is 4.26. The Kier molecular flexibility index (Phi) is 4.89. The third-order valence-electron chi connectivity index (χ3n) is 2.40. The zero-order chi connectivity index (χ0) is 14.8. The quantitative estimate of drug-likeness (QED) is 0.869. The van der Waals surface area contributed by atoms with Crippen molar-refractivity contribution < 1.29 is 22.7 Å². The monoisotopic (exact) mass is 309 g/mol. The molecule has 5 nitrogen and oxygen atoms in total. The summed E-state index contributed by atoms with van der Waals surface area (Å²) in [5, 5.41) is 8.76. The van der Waals surface area contributed by atoms with Crippen LogP contribution in [0.15, 0.2) is 23.1 Å². The Morgan fingerprint density at radius 2 is 2.00 bits per heavy atom. The Balaban J connectivity index is 3.17. The van der Waals surface area contributed by atoms with E-state index in [-0.39, 0.29) is 5.02 Å². The molecule has 1 rings (SSSR count). The van der Waals surface area contributed by atoms with Crippen LogP contribution in [0.1, 0.15) is 13.8 Å². The van der Waals surface area contributed by atoms with Gasteiger partial charge in [0.2, 0.25) is 10.0 Å². The van der Waals surface area contributed by atoms with Crippen molar-refractivity contribution in [1.82, 2.24) is 4.72 Å². The maximum Gasteiger partial charge on any atom is 0.322 e. The number of nitrogens with one attached hydrogen (secondary N) is 1. The number of carboxylic acid groups (broad SMARTS) is 1. The predicted octanol–water partition coefficient (Wildman–Crippen LogP) is 1.87. The fourth-order valence-corrected chi connectivity index (χ4v) is 3.23. The molecule has 0 saturated heterocycles. The lowest BCUT2D eigenvalue weighted by Gasteiger charge is -2.18. The molecule has 1 aromatic rings. The molecule has 0 radical (unpaired) electrons. The minimum absolute atomic E-state index is 0.179. The molecule has 1 aromatic carbocycles. The van der Waals surface area contributed by atoms with Crippen molar-refractivity contribution in [2.24, 2.45) is 5.92 Å². The standard InChI is InChI=1S/C11H13ClFNO4S/c1-6(2)10(11(15)16)14-19(17,18)9-5-7(13)3-4-8(9)12/h3-6,10,14H,1-2H3,(H,15,16)/t10-/m0/s1. The number of hydrogen-bond donors (Lipinski definition) is 2. The van der Waals surface area contributed by atoms with Crippen LogP contribution in [0.3, 0.4) is 0 Å². The van der Waals surface area contributed by atoms with Gasteiger partial charge in [-0.15, -0.1) is 0 Å². The van der Waals surface area contributed by atoms with Crippen molar-refractivity contribution in [3.63, 3.8) is 0 Å². The smallest absolute Gasteiger partial charge is 0.322 e. The van der Waals surface area contributed by atoms with Crippen molar-refractivity contribution in [2.45, 2.75) is 24.8 Å². The second-order valence-corrected chi connectivity index (χ2v) is 6.35. The SMILES string of the molecule is CC(C)[C@H](NS(=O)(=O)c1cc(F)ccc1Cl)C(=O)O. The lowest BCUT2D eigenvalue weighted by atomic mass is 10.1. The van der Waals surface area contributed by atoms with Crippen LogP contribution in [0.25, 0.3) is 0 Å². The molecule has 0 fully saturated rings.